The van der Waals surface area contributed by atoms with Gasteiger partial charge < -0.3 is 0 Å². The molecular weight excluding hydrogens is 314 g/mol. The van der Waals surface area contributed by atoms with Crippen molar-refractivity contribution in [3.8, 4) is 0 Å². The number of rotatable bonds is 2. The summed E-state index contributed by atoms with van der Waals surface area (Å²) < 4.78 is 54.4. The van der Waals surface area contributed by atoms with Crippen LogP contribution in [0.2, 0.25) is 0 Å². The largest absolute Gasteiger partial charge is 0 e. The maximum Gasteiger partial charge on any atom is 0 e. The molecule has 10 heteroatoms. The van der Waals surface area contributed by atoms with Crippen molar-refractivity contribution in [2.45, 2.75) is 0 Å². The molecule has 61 valence electrons. The van der Waals surface area contributed by atoms with Crippen molar-refractivity contribution in [2.75, 3.05) is 0 Å². The van der Waals surface area contributed by atoms with Gasteiger partial charge in [-0.1, -0.05) is 0 Å². The van der Waals surface area contributed by atoms with Crippen molar-refractivity contribution < 1.29 is 25.9 Å². The quantitative estimate of drug-likeness (QED) is 0.447. The molecule has 0 heterocycles. The van der Waals surface area contributed by atoms with Crippen molar-refractivity contribution in [3.63, 3.8) is 0 Å². The maximum absolute atomic E-state index is 9.69. The third kappa shape index (κ3) is 11.7. The van der Waals surface area contributed by atoms with Crippen LogP contribution in [0.3, 0.4) is 0 Å². The van der Waals surface area contributed by atoms with Crippen LogP contribution < -0.4 is 0 Å². The average Bonchev–Trinajstić information content (AvgIpc) is 1.14. The van der Waals surface area contributed by atoms with Gasteiger partial charge in [-0.3, -0.25) is 0 Å². The predicted octanol–water partition coefficient (Wildman–Crippen LogP) is -2.08. The van der Waals surface area contributed by atoms with Gasteiger partial charge in [-0.2, -0.15) is 0 Å². The summed E-state index contributed by atoms with van der Waals surface area (Å²) in [7, 11) is -9.11. The normalized spacial score (nSPS) is 12.2. The van der Waals surface area contributed by atoms with E-state index in [1.165, 1.54) is 0 Å². The maximum atomic E-state index is 9.69. The van der Waals surface area contributed by atoms with Gasteiger partial charge in [0.2, 0.25) is 0 Å². The zero-order valence-corrected chi connectivity index (χ0v) is 9.42. The second kappa shape index (κ2) is 4.06. The van der Waals surface area contributed by atoms with E-state index in [1.807, 2.05) is 0 Å². The van der Waals surface area contributed by atoms with Crippen LogP contribution in [0.5, 0.6) is 0 Å². The molecule has 0 aliphatic rings. The minimum absolute atomic E-state index is 0. The molecule has 0 spiro atoms. The fourth-order valence-electron chi connectivity index (χ4n) is 0.109. The van der Waals surface area contributed by atoms with Crippen LogP contribution in [0.4, 0.5) is 0 Å². The molecule has 3 radical (unpaired) electrons. The Labute approximate surface area is 73.5 Å². The van der Waals surface area contributed by atoms with Crippen LogP contribution in [0.1, 0.15) is 0 Å². The zero-order valence-electron chi connectivity index (χ0n) is 4.20. The van der Waals surface area contributed by atoms with Crippen LogP contribution in [0.15, 0.2) is 0 Å². The van der Waals surface area contributed by atoms with Gasteiger partial charge in [-0.25, -0.2) is 0 Å². The molecule has 0 fully saturated rings. The first-order chi connectivity index (χ1) is 3.71. The van der Waals surface area contributed by atoms with Gasteiger partial charge in [-0.05, 0) is 0 Å². The van der Waals surface area contributed by atoms with Gasteiger partial charge in [0.25, 0.3) is 0 Å². The zero-order chi connectivity index (χ0) is 7.71. The van der Waals surface area contributed by atoms with E-state index in [-0.39, 0.29) is 18.0 Å². The minimum Gasteiger partial charge on any atom is 0 e. The topological polar surface area (TPSA) is 109 Å². The molecule has 0 aromatic rings. The van der Waals surface area contributed by atoms with E-state index in [9.17, 15) is 16.8 Å². The van der Waals surface area contributed by atoms with E-state index < -0.39 is 29.8 Å². The Hall–Kier alpha value is 0.898. The van der Waals surface area contributed by atoms with Crippen LogP contribution >= 0.6 is 0 Å². The molecule has 0 saturated heterocycles. The van der Waals surface area contributed by atoms with E-state index >= 15 is 0 Å². The summed E-state index contributed by atoms with van der Waals surface area (Å²) in [6.07, 6.45) is 0. The third-order valence-corrected chi connectivity index (χ3v) is 8.04. The molecule has 0 aromatic carbocycles. The first-order valence-corrected chi connectivity index (χ1v) is 8.29. The van der Waals surface area contributed by atoms with Crippen LogP contribution in [0.25, 0.3) is 0 Å². The van der Waals surface area contributed by atoms with E-state index in [4.69, 9.17) is 9.11 Å². The second-order valence-electron chi connectivity index (χ2n) is 0.924. The smallest absolute Gasteiger partial charge is 0 e. The number of hydrogen-bond acceptors (Lipinski definition) is 4. The average molecular weight is 316 g/mol. The summed E-state index contributed by atoms with van der Waals surface area (Å²) >= 11 is -2.19. The summed E-state index contributed by atoms with van der Waals surface area (Å²) in [4.78, 5) is 0. The molecule has 0 unspecified atom stereocenters. The minimum atomic E-state index is -4.56. The Morgan fingerprint density at radius 3 is 1.10 bits per heavy atom. The molecule has 0 amide bonds. The molecule has 0 rings (SSSR count). The van der Waals surface area contributed by atoms with Crippen molar-refractivity contribution in [1.29, 1.82) is 0 Å². The van der Waals surface area contributed by atoms with Crippen molar-refractivity contribution >= 4 is 47.7 Å². The van der Waals surface area contributed by atoms with E-state index in [0.29, 0.717) is 0 Å². The van der Waals surface area contributed by atoms with Gasteiger partial charge in [0.15, 0.2) is 0 Å². The van der Waals surface area contributed by atoms with Crippen molar-refractivity contribution in [3.05, 3.63) is 0 Å². The fraction of sp³-hybridized carbons (Fsp3) is 0. The SMILES string of the molecule is O=S(=O)(O)[Se]S(=O)(=O)O.[As]. The molecule has 0 aliphatic carbocycles. The molecule has 0 bridgehead atoms. The van der Waals surface area contributed by atoms with Gasteiger partial charge >= 0.3 is 55.7 Å². The Morgan fingerprint density at radius 2 is 1.10 bits per heavy atom. The van der Waals surface area contributed by atoms with Crippen LogP contribution in [-0.4, -0.2) is 56.6 Å². The Balaban J connectivity index is 0. The summed E-state index contributed by atoms with van der Waals surface area (Å²) in [5.41, 5.74) is 0. The first kappa shape index (κ1) is 13.5. The summed E-state index contributed by atoms with van der Waals surface area (Å²) in [5, 5.41) is 0. The van der Waals surface area contributed by atoms with Gasteiger partial charge in [0.1, 0.15) is 0 Å². The molecule has 0 aliphatic heterocycles. The van der Waals surface area contributed by atoms with Crippen molar-refractivity contribution in [1.82, 2.24) is 0 Å². The summed E-state index contributed by atoms with van der Waals surface area (Å²) in [6.45, 7) is 0. The fourth-order valence-corrected chi connectivity index (χ4v) is 5.08. The van der Waals surface area contributed by atoms with Gasteiger partial charge in [-0.15, -0.1) is 0 Å². The second-order valence-corrected chi connectivity index (χ2v) is 11.1. The predicted molar refractivity (Wildman–Crippen MR) is 34.6 cm³/mol. The Bertz CT molecular complexity index is 241. The monoisotopic (exact) mass is 317 g/mol. The molecule has 10 heavy (non-hydrogen) atoms. The van der Waals surface area contributed by atoms with E-state index in [0.717, 1.165) is 0 Å². The standard InChI is InChI=1S/As.H2O6S2Se/c;1-7(2,3)9-8(4,5)6/h;(H,1,2,3)(H,4,5,6). The van der Waals surface area contributed by atoms with Crippen LogP contribution in [-0.2, 0) is 17.1 Å². The molecule has 2 N–H and O–H groups in total. The summed E-state index contributed by atoms with van der Waals surface area (Å²) in [6, 6.07) is 0. The van der Waals surface area contributed by atoms with Gasteiger partial charge in [0, 0.05) is 18.0 Å². The third-order valence-electron chi connectivity index (χ3n) is 0.172. The molecule has 6 nitrogen and oxygen atoms in total. The van der Waals surface area contributed by atoms with Crippen molar-refractivity contribution in [2.24, 2.45) is 0 Å². The molecule has 0 saturated carbocycles. The first-order valence-electron chi connectivity index (χ1n) is 1.37. The van der Waals surface area contributed by atoms with E-state index in [2.05, 4.69) is 0 Å². The summed E-state index contributed by atoms with van der Waals surface area (Å²) in [5.74, 6) is 0. The molecular formula is H2AsO6S2Se. The number of hydrogen-bond donors (Lipinski definition) is 2. The Morgan fingerprint density at radius 1 is 0.900 bits per heavy atom. The van der Waals surface area contributed by atoms with Crippen LogP contribution in [0, 0.1) is 0 Å². The molecule has 0 atom stereocenters. The Kier molecular flexibility index (Phi) is 5.47. The van der Waals surface area contributed by atoms with Gasteiger partial charge in [0.05, 0.1) is 0 Å². The van der Waals surface area contributed by atoms with E-state index in [1.54, 1.807) is 0 Å². The molecule has 0 aromatic heterocycles.